The minimum Gasteiger partial charge on any atom is -0.467 e. The molecule has 1 aromatic carbocycles. The zero-order valence-electron chi connectivity index (χ0n) is 10.9. The van der Waals surface area contributed by atoms with Crippen molar-refractivity contribution in [3.05, 3.63) is 52.4 Å². The van der Waals surface area contributed by atoms with E-state index < -0.39 is 6.10 Å². The highest BCUT2D eigenvalue weighted by molar-refractivity contribution is 9.10. The van der Waals surface area contributed by atoms with Crippen molar-refractivity contribution in [1.29, 1.82) is 0 Å². The smallest absolute Gasteiger partial charge is 0.319 e. The number of carbonyl (C=O) groups excluding carboxylic acids is 1. The molecule has 1 unspecified atom stereocenters. The van der Waals surface area contributed by atoms with E-state index in [1.807, 2.05) is 25.1 Å². The van der Waals surface area contributed by atoms with Gasteiger partial charge in [0.15, 0.2) is 0 Å². The number of amides is 2. The monoisotopic (exact) mass is 338 g/mol. The second-order valence-corrected chi connectivity index (χ2v) is 5.20. The van der Waals surface area contributed by atoms with Gasteiger partial charge in [0.2, 0.25) is 0 Å². The zero-order valence-corrected chi connectivity index (χ0v) is 12.5. The van der Waals surface area contributed by atoms with Gasteiger partial charge in [-0.15, -0.1) is 0 Å². The molecule has 2 aromatic rings. The van der Waals surface area contributed by atoms with Crippen molar-refractivity contribution < 1.29 is 14.3 Å². The van der Waals surface area contributed by atoms with Gasteiger partial charge >= 0.3 is 6.03 Å². The summed E-state index contributed by atoms with van der Waals surface area (Å²) < 4.78 is 5.85. The number of carbonyl (C=O) groups is 1. The van der Waals surface area contributed by atoms with Crippen molar-refractivity contribution in [1.82, 2.24) is 5.32 Å². The summed E-state index contributed by atoms with van der Waals surface area (Å²) in [4.78, 5) is 11.7. The van der Waals surface area contributed by atoms with E-state index in [0.29, 0.717) is 11.4 Å². The summed E-state index contributed by atoms with van der Waals surface area (Å²) in [5.74, 6) is 0.418. The third-order valence-corrected chi connectivity index (χ3v) is 3.36. The average Bonchev–Trinajstić information content (AvgIpc) is 2.93. The Balaban J connectivity index is 1.86. The summed E-state index contributed by atoms with van der Waals surface area (Å²) in [6.45, 7) is 2.04. The van der Waals surface area contributed by atoms with Crippen LogP contribution in [-0.4, -0.2) is 17.7 Å². The summed E-state index contributed by atoms with van der Waals surface area (Å²) in [6, 6.07) is 8.57. The van der Waals surface area contributed by atoms with Crippen molar-refractivity contribution >= 4 is 27.6 Å². The van der Waals surface area contributed by atoms with E-state index in [1.54, 1.807) is 12.1 Å². The SMILES string of the molecule is Cc1ccc(NC(=O)NCC(O)c2ccco2)c(Br)c1. The number of nitrogens with one attached hydrogen (secondary N) is 2. The van der Waals surface area contributed by atoms with Gasteiger partial charge in [-0.25, -0.2) is 4.79 Å². The number of anilines is 1. The number of urea groups is 1. The Morgan fingerprint density at radius 1 is 1.45 bits per heavy atom. The van der Waals surface area contributed by atoms with E-state index in [1.165, 1.54) is 6.26 Å². The van der Waals surface area contributed by atoms with Gasteiger partial charge in [0.1, 0.15) is 11.9 Å². The number of rotatable bonds is 4. The van der Waals surface area contributed by atoms with Gasteiger partial charge in [-0.1, -0.05) is 6.07 Å². The highest BCUT2D eigenvalue weighted by Gasteiger charge is 2.12. The van der Waals surface area contributed by atoms with Gasteiger partial charge in [0.25, 0.3) is 0 Å². The third-order valence-electron chi connectivity index (χ3n) is 2.70. The molecule has 0 aliphatic rings. The topological polar surface area (TPSA) is 74.5 Å². The van der Waals surface area contributed by atoms with E-state index in [-0.39, 0.29) is 12.6 Å². The van der Waals surface area contributed by atoms with Crippen molar-refractivity contribution in [3.8, 4) is 0 Å². The first-order valence-corrected chi connectivity index (χ1v) is 6.88. The highest BCUT2D eigenvalue weighted by atomic mass is 79.9. The van der Waals surface area contributed by atoms with Gasteiger partial charge in [0, 0.05) is 4.47 Å². The lowest BCUT2D eigenvalue weighted by molar-refractivity contribution is 0.149. The molecule has 0 bridgehead atoms. The van der Waals surface area contributed by atoms with E-state index in [4.69, 9.17) is 4.42 Å². The van der Waals surface area contributed by atoms with Gasteiger partial charge in [-0.3, -0.25) is 0 Å². The van der Waals surface area contributed by atoms with E-state index >= 15 is 0 Å². The number of furan rings is 1. The molecule has 1 aromatic heterocycles. The standard InChI is InChI=1S/C14H15BrN2O3/c1-9-4-5-11(10(15)7-9)17-14(19)16-8-12(18)13-3-2-6-20-13/h2-7,12,18H,8H2,1H3,(H2,16,17,19). The van der Waals surface area contributed by atoms with Crippen LogP contribution < -0.4 is 10.6 Å². The fourth-order valence-electron chi connectivity index (χ4n) is 1.66. The maximum absolute atomic E-state index is 11.7. The summed E-state index contributed by atoms with van der Waals surface area (Å²) >= 11 is 3.38. The second kappa shape index (κ2) is 6.58. The number of aryl methyl sites for hydroxylation is 1. The van der Waals surface area contributed by atoms with Crippen LogP contribution in [0.4, 0.5) is 10.5 Å². The van der Waals surface area contributed by atoms with E-state index in [0.717, 1.165) is 10.0 Å². The fraction of sp³-hybridized carbons (Fsp3) is 0.214. The van der Waals surface area contributed by atoms with E-state index in [9.17, 15) is 9.90 Å². The predicted octanol–water partition coefficient (Wildman–Crippen LogP) is 3.21. The molecule has 0 aliphatic heterocycles. The van der Waals surface area contributed by atoms with Crippen LogP contribution >= 0.6 is 15.9 Å². The highest BCUT2D eigenvalue weighted by Crippen LogP contribution is 2.23. The first kappa shape index (κ1) is 14.6. The summed E-state index contributed by atoms with van der Waals surface area (Å²) in [7, 11) is 0. The van der Waals surface area contributed by atoms with Gasteiger partial charge in [-0.2, -0.15) is 0 Å². The van der Waals surface area contributed by atoms with Crippen LogP contribution in [0.25, 0.3) is 0 Å². The van der Waals surface area contributed by atoms with Crippen molar-refractivity contribution in [2.24, 2.45) is 0 Å². The number of aliphatic hydroxyl groups excluding tert-OH is 1. The van der Waals surface area contributed by atoms with Crippen LogP contribution in [0.15, 0.2) is 45.5 Å². The molecule has 1 atom stereocenters. The molecule has 0 spiro atoms. The summed E-state index contributed by atoms with van der Waals surface area (Å²) in [5, 5.41) is 15.0. The molecule has 2 amide bonds. The predicted molar refractivity (Wildman–Crippen MR) is 79.6 cm³/mol. The molecule has 5 nitrogen and oxygen atoms in total. The van der Waals surface area contributed by atoms with Crippen LogP contribution in [0.5, 0.6) is 0 Å². The van der Waals surface area contributed by atoms with Crippen LogP contribution in [0.2, 0.25) is 0 Å². The molecule has 6 heteroatoms. The molecule has 0 saturated carbocycles. The number of benzene rings is 1. The largest absolute Gasteiger partial charge is 0.467 e. The minimum absolute atomic E-state index is 0.0722. The first-order chi connectivity index (χ1) is 9.56. The molecule has 3 N–H and O–H groups in total. The summed E-state index contributed by atoms with van der Waals surface area (Å²) in [6.07, 6.45) is 0.611. The maximum atomic E-state index is 11.7. The molecule has 0 fully saturated rings. The van der Waals surface area contributed by atoms with Crippen molar-refractivity contribution in [2.45, 2.75) is 13.0 Å². The normalized spacial score (nSPS) is 11.9. The molecule has 1 heterocycles. The Hall–Kier alpha value is -1.79. The van der Waals surface area contributed by atoms with Crippen LogP contribution in [0.1, 0.15) is 17.4 Å². The minimum atomic E-state index is -0.864. The Labute approximate surface area is 125 Å². The Morgan fingerprint density at radius 3 is 2.90 bits per heavy atom. The van der Waals surface area contributed by atoms with Gasteiger partial charge in [0.05, 0.1) is 18.5 Å². The fourth-order valence-corrected chi connectivity index (χ4v) is 2.25. The molecular formula is C14H15BrN2O3. The number of halogens is 1. The van der Waals surface area contributed by atoms with Crippen LogP contribution in [0, 0.1) is 6.92 Å². The number of hydrogen-bond donors (Lipinski definition) is 3. The number of hydrogen-bond acceptors (Lipinski definition) is 3. The Bertz CT molecular complexity index is 584. The molecule has 0 saturated heterocycles. The summed E-state index contributed by atoms with van der Waals surface area (Å²) in [5.41, 5.74) is 1.76. The lowest BCUT2D eigenvalue weighted by atomic mass is 10.2. The quantitative estimate of drug-likeness (QED) is 0.801. The van der Waals surface area contributed by atoms with Crippen molar-refractivity contribution in [3.63, 3.8) is 0 Å². The van der Waals surface area contributed by atoms with Gasteiger partial charge < -0.3 is 20.2 Å². The Morgan fingerprint density at radius 2 is 2.25 bits per heavy atom. The lowest BCUT2D eigenvalue weighted by Gasteiger charge is -2.12. The van der Waals surface area contributed by atoms with Crippen molar-refractivity contribution in [2.75, 3.05) is 11.9 Å². The van der Waals surface area contributed by atoms with Gasteiger partial charge in [-0.05, 0) is 52.7 Å². The molecule has 106 valence electrons. The second-order valence-electron chi connectivity index (χ2n) is 4.35. The molecule has 2 rings (SSSR count). The lowest BCUT2D eigenvalue weighted by Crippen LogP contribution is -2.32. The average molecular weight is 339 g/mol. The van der Waals surface area contributed by atoms with Crippen LogP contribution in [0.3, 0.4) is 0 Å². The first-order valence-electron chi connectivity index (χ1n) is 6.08. The van der Waals surface area contributed by atoms with E-state index in [2.05, 4.69) is 26.6 Å². The third kappa shape index (κ3) is 3.85. The molecular weight excluding hydrogens is 324 g/mol. The van der Waals surface area contributed by atoms with Crippen LogP contribution in [-0.2, 0) is 0 Å². The molecule has 20 heavy (non-hydrogen) atoms. The zero-order chi connectivity index (χ0) is 14.5. The maximum Gasteiger partial charge on any atom is 0.319 e. The molecule has 0 aliphatic carbocycles. The number of aliphatic hydroxyl groups is 1. The Kier molecular flexibility index (Phi) is 4.81. The molecule has 0 radical (unpaired) electrons.